The lowest BCUT2D eigenvalue weighted by Crippen LogP contribution is -2.40. The summed E-state index contributed by atoms with van der Waals surface area (Å²) >= 11 is 0. The molecule has 0 heterocycles. The summed E-state index contributed by atoms with van der Waals surface area (Å²) in [5.41, 5.74) is 0.676. The Morgan fingerprint density at radius 2 is 1.86 bits per heavy atom. The Labute approximate surface area is 122 Å². The minimum absolute atomic E-state index is 0.453. The van der Waals surface area contributed by atoms with Crippen molar-refractivity contribution in [2.75, 3.05) is 13.7 Å². The number of hydrogen-bond acceptors (Lipinski definition) is 6. The van der Waals surface area contributed by atoms with Gasteiger partial charge in [-0.25, -0.2) is 4.99 Å². The Bertz CT molecular complexity index is 473. The topological polar surface area (TPSA) is 120 Å². The maximum Gasteiger partial charge on any atom is 0.248 e. The van der Waals surface area contributed by atoms with Crippen molar-refractivity contribution in [3.63, 3.8) is 0 Å². The van der Waals surface area contributed by atoms with Crippen molar-refractivity contribution < 1.29 is 30.0 Å². The van der Waals surface area contributed by atoms with Crippen molar-refractivity contribution in [1.82, 2.24) is 0 Å². The smallest absolute Gasteiger partial charge is 0.248 e. The van der Waals surface area contributed by atoms with Crippen LogP contribution in [0.3, 0.4) is 0 Å². The fourth-order valence-corrected chi connectivity index (χ4v) is 1.55. The summed E-state index contributed by atoms with van der Waals surface area (Å²) in [6.07, 6.45) is -3.73. The first-order chi connectivity index (χ1) is 9.97. The van der Waals surface area contributed by atoms with E-state index < -0.39 is 37.2 Å². The number of amides is 1. The molecule has 0 aromatic heterocycles. The van der Waals surface area contributed by atoms with Crippen LogP contribution in [0, 0.1) is 0 Å². The number of aliphatic hydroxyl groups is 4. The van der Waals surface area contributed by atoms with Crippen LogP contribution in [0.4, 0.5) is 0 Å². The highest BCUT2D eigenvalue weighted by molar-refractivity contribution is 5.92. The molecular weight excluding hydrogens is 278 g/mol. The molecule has 7 heteroatoms. The first-order valence-electron chi connectivity index (χ1n) is 6.34. The Balaban J connectivity index is 2.54. The van der Waals surface area contributed by atoms with Gasteiger partial charge in [0.2, 0.25) is 5.91 Å². The number of nitrogens with zero attached hydrogens (tertiary/aromatic N) is 1. The molecule has 0 radical (unpaired) electrons. The van der Waals surface area contributed by atoms with Crippen molar-refractivity contribution in [2.24, 2.45) is 4.99 Å². The largest absolute Gasteiger partial charge is 0.497 e. The van der Waals surface area contributed by atoms with Crippen LogP contribution in [-0.2, 0) is 4.79 Å². The molecule has 1 amide bonds. The van der Waals surface area contributed by atoms with Gasteiger partial charge in [-0.1, -0.05) is 0 Å². The summed E-state index contributed by atoms with van der Waals surface area (Å²) in [4.78, 5) is 15.2. The van der Waals surface area contributed by atoms with Crippen LogP contribution in [0.15, 0.2) is 29.3 Å². The maximum absolute atomic E-state index is 11.5. The number of aliphatic hydroxyl groups excluding tert-OH is 4. The highest BCUT2D eigenvalue weighted by Gasteiger charge is 2.25. The number of hydrogen-bond donors (Lipinski definition) is 4. The van der Waals surface area contributed by atoms with Gasteiger partial charge in [0.1, 0.15) is 18.0 Å². The van der Waals surface area contributed by atoms with E-state index in [0.717, 1.165) is 0 Å². The Kier molecular flexibility index (Phi) is 6.97. The predicted molar refractivity (Wildman–Crippen MR) is 75.3 cm³/mol. The maximum atomic E-state index is 11.5. The van der Waals surface area contributed by atoms with E-state index in [4.69, 9.17) is 14.9 Å². The molecule has 0 spiro atoms. The zero-order chi connectivity index (χ0) is 15.8. The van der Waals surface area contributed by atoms with Crippen LogP contribution >= 0.6 is 0 Å². The number of methoxy groups -OCH3 is 1. The number of carbonyl (C=O) groups excluding carboxylic acids is 1. The van der Waals surface area contributed by atoms with Crippen LogP contribution in [0.25, 0.3) is 0 Å². The molecule has 116 valence electrons. The van der Waals surface area contributed by atoms with E-state index in [-0.39, 0.29) is 0 Å². The fourth-order valence-electron chi connectivity index (χ4n) is 1.55. The van der Waals surface area contributed by atoms with E-state index in [1.807, 2.05) is 0 Å². The third kappa shape index (κ3) is 5.60. The van der Waals surface area contributed by atoms with Crippen LogP contribution in [0.1, 0.15) is 12.0 Å². The molecule has 4 N–H and O–H groups in total. The van der Waals surface area contributed by atoms with Crippen molar-refractivity contribution in [3.8, 4) is 5.75 Å². The van der Waals surface area contributed by atoms with Crippen molar-refractivity contribution >= 4 is 12.1 Å². The third-order valence-electron chi connectivity index (χ3n) is 2.83. The molecule has 0 saturated heterocycles. The molecule has 3 atom stereocenters. The molecule has 21 heavy (non-hydrogen) atoms. The van der Waals surface area contributed by atoms with E-state index in [1.54, 1.807) is 31.4 Å². The molecule has 0 unspecified atom stereocenters. The Morgan fingerprint density at radius 1 is 1.24 bits per heavy atom. The summed E-state index contributed by atoms with van der Waals surface area (Å²) in [5, 5.41) is 36.7. The second kappa shape index (κ2) is 8.48. The first kappa shape index (κ1) is 17.3. The molecule has 7 nitrogen and oxygen atoms in total. The molecule has 0 aliphatic rings. The van der Waals surface area contributed by atoms with Crippen LogP contribution in [-0.4, -0.2) is 64.6 Å². The van der Waals surface area contributed by atoms with Crippen molar-refractivity contribution in [2.45, 2.75) is 24.7 Å². The standard InChI is InChI=1S/C14H19NO6/c1-21-10-4-2-9(3-5-10)7-15-13(19)6-11(17)14(20)12(18)8-16/h2-5,7,11-12,14,16-18,20H,6,8H2,1H3/t11-,12-,14+/m1/s1. The monoisotopic (exact) mass is 297 g/mol. The van der Waals surface area contributed by atoms with Gasteiger partial charge < -0.3 is 25.2 Å². The highest BCUT2D eigenvalue weighted by Crippen LogP contribution is 2.10. The molecule has 0 saturated carbocycles. The van der Waals surface area contributed by atoms with Gasteiger partial charge in [0, 0.05) is 6.21 Å². The van der Waals surface area contributed by atoms with Crippen LogP contribution < -0.4 is 4.74 Å². The zero-order valence-corrected chi connectivity index (χ0v) is 11.6. The van der Waals surface area contributed by atoms with E-state index in [1.165, 1.54) is 6.21 Å². The Hall–Kier alpha value is -1.80. The van der Waals surface area contributed by atoms with Crippen LogP contribution in [0.5, 0.6) is 5.75 Å². The van der Waals surface area contributed by atoms with E-state index in [0.29, 0.717) is 11.3 Å². The molecule has 0 aliphatic carbocycles. The Morgan fingerprint density at radius 3 is 2.38 bits per heavy atom. The fraction of sp³-hybridized carbons (Fsp3) is 0.429. The molecule has 0 bridgehead atoms. The SMILES string of the molecule is COc1ccc(C=NC(=O)C[C@@H](O)[C@H](O)[C@H](O)CO)cc1. The average Bonchev–Trinajstić information content (AvgIpc) is 2.51. The van der Waals surface area contributed by atoms with Gasteiger partial charge in [-0.3, -0.25) is 4.79 Å². The predicted octanol–water partition coefficient (Wildman–Crippen LogP) is -0.894. The molecule has 0 aliphatic heterocycles. The summed E-state index contributed by atoms with van der Waals surface area (Å²) in [6.45, 7) is -0.707. The van der Waals surface area contributed by atoms with Crippen molar-refractivity contribution in [1.29, 1.82) is 0 Å². The lowest BCUT2D eigenvalue weighted by Gasteiger charge is -2.20. The minimum atomic E-state index is -1.60. The molecule has 1 aromatic carbocycles. The minimum Gasteiger partial charge on any atom is -0.497 e. The lowest BCUT2D eigenvalue weighted by molar-refractivity contribution is -0.124. The number of rotatable bonds is 7. The van der Waals surface area contributed by atoms with Gasteiger partial charge in [0.25, 0.3) is 0 Å². The second-order valence-electron chi connectivity index (χ2n) is 4.44. The molecule has 1 rings (SSSR count). The number of ether oxygens (including phenoxy) is 1. The van der Waals surface area contributed by atoms with Crippen molar-refractivity contribution in [3.05, 3.63) is 29.8 Å². The van der Waals surface area contributed by atoms with Gasteiger partial charge in [0.05, 0.1) is 26.2 Å². The quantitative estimate of drug-likeness (QED) is 0.484. The second-order valence-corrected chi connectivity index (χ2v) is 4.44. The third-order valence-corrected chi connectivity index (χ3v) is 2.83. The highest BCUT2D eigenvalue weighted by atomic mass is 16.5. The van der Waals surface area contributed by atoms with Gasteiger partial charge >= 0.3 is 0 Å². The number of carbonyl (C=O) groups is 1. The molecule has 1 aromatic rings. The first-order valence-corrected chi connectivity index (χ1v) is 6.34. The lowest BCUT2D eigenvalue weighted by atomic mass is 10.1. The summed E-state index contributed by atoms with van der Waals surface area (Å²) in [6, 6.07) is 6.83. The summed E-state index contributed by atoms with van der Waals surface area (Å²) in [5.74, 6) is 0.0255. The molecular formula is C14H19NO6. The average molecular weight is 297 g/mol. The summed E-state index contributed by atoms with van der Waals surface area (Å²) < 4.78 is 4.99. The van der Waals surface area contributed by atoms with E-state index in [9.17, 15) is 15.0 Å². The van der Waals surface area contributed by atoms with Gasteiger partial charge in [0.15, 0.2) is 0 Å². The number of aliphatic imine (C=N–C) groups is 1. The summed E-state index contributed by atoms with van der Waals surface area (Å²) in [7, 11) is 1.54. The normalized spacial score (nSPS) is 15.7. The van der Waals surface area contributed by atoms with Gasteiger partial charge in [-0.05, 0) is 29.8 Å². The van der Waals surface area contributed by atoms with E-state index in [2.05, 4.69) is 4.99 Å². The number of benzene rings is 1. The van der Waals surface area contributed by atoms with E-state index >= 15 is 0 Å². The van der Waals surface area contributed by atoms with Crippen LogP contribution in [0.2, 0.25) is 0 Å². The molecule has 0 fully saturated rings. The zero-order valence-electron chi connectivity index (χ0n) is 11.6. The van der Waals surface area contributed by atoms with Gasteiger partial charge in [-0.2, -0.15) is 0 Å². The van der Waals surface area contributed by atoms with Gasteiger partial charge in [-0.15, -0.1) is 0 Å².